The van der Waals surface area contributed by atoms with E-state index in [1.54, 1.807) is 13.2 Å². The van der Waals surface area contributed by atoms with Crippen LogP contribution < -0.4 is 9.64 Å². The first-order valence-corrected chi connectivity index (χ1v) is 12.3. The van der Waals surface area contributed by atoms with Crippen LogP contribution in [0.2, 0.25) is 0 Å². The highest BCUT2D eigenvalue weighted by Gasteiger charge is 2.32. The van der Waals surface area contributed by atoms with Crippen molar-refractivity contribution >= 4 is 28.9 Å². The summed E-state index contributed by atoms with van der Waals surface area (Å²) in [5.74, 6) is 0.582. The van der Waals surface area contributed by atoms with Gasteiger partial charge in [0, 0.05) is 17.0 Å². The van der Waals surface area contributed by atoms with Crippen LogP contribution in [0.4, 0.5) is 5.69 Å². The first-order chi connectivity index (χ1) is 17.1. The van der Waals surface area contributed by atoms with Crippen LogP contribution in [-0.2, 0) is 38.8 Å². The molecule has 0 aliphatic carbocycles. The summed E-state index contributed by atoms with van der Waals surface area (Å²) in [5, 5.41) is 0. The summed E-state index contributed by atoms with van der Waals surface area (Å²) in [4.78, 5) is 27.5. The molecule has 35 heavy (non-hydrogen) atoms. The molecule has 1 aliphatic rings. The Morgan fingerprint density at radius 3 is 2.26 bits per heavy atom. The second-order valence-corrected chi connectivity index (χ2v) is 9.40. The van der Waals surface area contributed by atoms with E-state index < -0.39 is 0 Å². The average molecular weight is 496 g/mol. The molecule has 1 atom stereocenters. The molecule has 4 rings (SSSR count). The third-order valence-electron chi connectivity index (χ3n) is 5.84. The topological polar surface area (TPSA) is 74.3 Å². The van der Waals surface area contributed by atoms with Gasteiger partial charge in [0.15, 0.2) is 0 Å². The minimum atomic E-state index is -0.344. The molecular formula is C27H29NO6S. The van der Waals surface area contributed by atoms with E-state index in [0.717, 1.165) is 33.9 Å². The first-order valence-electron chi connectivity index (χ1n) is 11.4. The van der Waals surface area contributed by atoms with Gasteiger partial charge < -0.3 is 23.8 Å². The fourth-order valence-corrected chi connectivity index (χ4v) is 4.84. The zero-order valence-electron chi connectivity index (χ0n) is 19.9. The Morgan fingerprint density at radius 1 is 0.914 bits per heavy atom. The highest BCUT2D eigenvalue weighted by atomic mass is 32.1. The lowest BCUT2D eigenvalue weighted by atomic mass is 10.2. The highest BCUT2D eigenvalue weighted by Crippen LogP contribution is 2.28. The quantitative estimate of drug-likeness (QED) is 0.350. The van der Waals surface area contributed by atoms with E-state index in [1.165, 1.54) is 18.4 Å². The zero-order valence-corrected chi connectivity index (χ0v) is 20.7. The molecule has 7 nitrogen and oxygen atoms in total. The Hall–Kier alpha value is -3.20. The molecule has 1 saturated heterocycles. The summed E-state index contributed by atoms with van der Waals surface area (Å²) in [6, 6.07) is 19.3. The number of methoxy groups -OCH3 is 2. The maximum atomic E-state index is 12.6. The first kappa shape index (κ1) is 24.9. The summed E-state index contributed by atoms with van der Waals surface area (Å²) in [6.45, 7) is 1.83. The van der Waals surface area contributed by atoms with Crippen molar-refractivity contribution in [2.45, 2.75) is 38.7 Å². The Bertz CT molecular complexity index is 1130. The lowest BCUT2D eigenvalue weighted by molar-refractivity contribution is -0.117. The van der Waals surface area contributed by atoms with E-state index in [4.69, 9.17) is 18.9 Å². The van der Waals surface area contributed by atoms with Crippen LogP contribution in [0, 0.1) is 0 Å². The minimum Gasteiger partial charge on any atom is -0.497 e. The van der Waals surface area contributed by atoms with Crippen molar-refractivity contribution in [3.8, 4) is 5.75 Å². The van der Waals surface area contributed by atoms with Gasteiger partial charge in [0.2, 0.25) is 5.91 Å². The van der Waals surface area contributed by atoms with Crippen molar-refractivity contribution < 1.29 is 28.5 Å². The van der Waals surface area contributed by atoms with Crippen molar-refractivity contribution in [2.24, 2.45) is 0 Å². The van der Waals surface area contributed by atoms with E-state index in [0.29, 0.717) is 37.7 Å². The summed E-state index contributed by atoms with van der Waals surface area (Å²) < 4.78 is 21.7. The molecule has 1 amide bonds. The number of rotatable bonds is 11. The number of nitrogens with zero attached hydrogens (tertiary/aromatic N) is 1. The molecule has 0 bridgehead atoms. The zero-order chi connectivity index (χ0) is 24.6. The van der Waals surface area contributed by atoms with E-state index in [-0.39, 0.29) is 17.9 Å². The van der Waals surface area contributed by atoms with Crippen LogP contribution in [0.15, 0.2) is 60.7 Å². The Kier molecular flexibility index (Phi) is 8.52. The molecule has 1 fully saturated rings. The number of anilines is 1. The molecule has 2 heterocycles. The fourth-order valence-electron chi connectivity index (χ4n) is 3.98. The third-order valence-corrected chi connectivity index (χ3v) is 6.88. The Morgan fingerprint density at radius 2 is 1.60 bits per heavy atom. The van der Waals surface area contributed by atoms with Gasteiger partial charge in [0.05, 0.1) is 46.7 Å². The number of amides is 1. The lowest BCUT2D eigenvalue weighted by Crippen LogP contribution is -2.36. The van der Waals surface area contributed by atoms with Gasteiger partial charge in [0.1, 0.15) is 10.6 Å². The lowest BCUT2D eigenvalue weighted by Gasteiger charge is -2.25. The van der Waals surface area contributed by atoms with Crippen LogP contribution in [0.1, 0.15) is 38.5 Å². The summed E-state index contributed by atoms with van der Waals surface area (Å²) in [5.41, 5.74) is 2.99. The van der Waals surface area contributed by atoms with Crippen LogP contribution in [-0.4, -0.2) is 38.7 Å². The molecule has 1 unspecified atom stereocenters. The van der Waals surface area contributed by atoms with E-state index in [1.807, 2.05) is 59.5 Å². The van der Waals surface area contributed by atoms with E-state index in [2.05, 4.69) is 0 Å². The summed E-state index contributed by atoms with van der Waals surface area (Å²) >= 11 is 1.36. The summed E-state index contributed by atoms with van der Waals surface area (Å²) in [7, 11) is 3.01. The van der Waals surface area contributed by atoms with Gasteiger partial charge in [-0.3, -0.25) is 4.79 Å². The smallest absolute Gasteiger partial charge is 0.348 e. The average Bonchev–Trinajstić information content (AvgIpc) is 3.51. The predicted octanol–water partition coefficient (Wildman–Crippen LogP) is 4.97. The molecule has 0 N–H and O–H groups in total. The highest BCUT2D eigenvalue weighted by molar-refractivity contribution is 7.13. The van der Waals surface area contributed by atoms with E-state index in [9.17, 15) is 9.59 Å². The minimum absolute atomic E-state index is 0.0142. The van der Waals surface area contributed by atoms with Gasteiger partial charge in [-0.1, -0.05) is 24.3 Å². The van der Waals surface area contributed by atoms with Crippen molar-refractivity contribution in [3.63, 3.8) is 0 Å². The number of carbonyl (C=O) groups is 2. The number of benzene rings is 2. The number of hydrogen-bond donors (Lipinski definition) is 0. The van der Waals surface area contributed by atoms with Crippen LogP contribution >= 0.6 is 11.3 Å². The number of carbonyl (C=O) groups excluding carboxylic acids is 2. The molecule has 2 aromatic carbocycles. The monoisotopic (exact) mass is 495 g/mol. The Labute approximate surface area is 209 Å². The molecule has 8 heteroatoms. The van der Waals surface area contributed by atoms with Crippen molar-refractivity contribution in [3.05, 3.63) is 81.5 Å². The number of hydrogen-bond acceptors (Lipinski definition) is 7. The van der Waals surface area contributed by atoms with E-state index >= 15 is 0 Å². The maximum absolute atomic E-state index is 12.6. The molecule has 0 spiro atoms. The largest absolute Gasteiger partial charge is 0.497 e. The molecule has 184 valence electrons. The third kappa shape index (κ3) is 6.48. The van der Waals surface area contributed by atoms with Gasteiger partial charge in [0.25, 0.3) is 0 Å². The SMILES string of the molecule is COC(=O)c1ccc(COCC2CCC(=O)N2c2ccc(COCc3ccc(OC)cc3)cc2)s1. The fraction of sp³-hybridized carbons (Fsp3) is 0.333. The molecule has 3 aromatic rings. The predicted molar refractivity (Wildman–Crippen MR) is 134 cm³/mol. The number of ether oxygens (including phenoxy) is 4. The molecule has 1 aliphatic heterocycles. The van der Waals surface area contributed by atoms with Gasteiger partial charge in [-0.05, 0) is 53.9 Å². The van der Waals surface area contributed by atoms with Gasteiger partial charge in [-0.2, -0.15) is 0 Å². The molecule has 0 saturated carbocycles. The van der Waals surface area contributed by atoms with Crippen LogP contribution in [0.3, 0.4) is 0 Å². The second-order valence-electron chi connectivity index (χ2n) is 8.24. The van der Waals surface area contributed by atoms with Crippen LogP contribution in [0.5, 0.6) is 5.75 Å². The van der Waals surface area contributed by atoms with Gasteiger partial charge in [-0.15, -0.1) is 11.3 Å². The summed E-state index contributed by atoms with van der Waals surface area (Å²) in [6.07, 6.45) is 1.26. The second kappa shape index (κ2) is 12.0. The van der Waals surface area contributed by atoms with Crippen molar-refractivity contribution in [2.75, 3.05) is 25.7 Å². The molecule has 0 radical (unpaired) electrons. The van der Waals surface area contributed by atoms with Crippen molar-refractivity contribution in [1.29, 1.82) is 0 Å². The maximum Gasteiger partial charge on any atom is 0.348 e. The van der Waals surface area contributed by atoms with Crippen LogP contribution in [0.25, 0.3) is 0 Å². The molecule has 1 aromatic heterocycles. The normalized spacial score (nSPS) is 15.4. The Balaban J connectivity index is 1.27. The molecular weight excluding hydrogens is 466 g/mol. The number of esters is 1. The van der Waals surface area contributed by atoms with Gasteiger partial charge >= 0.3 is 5.97 Å². The standard InChI is InChI=1S/C27H29NO6S/c1-31-23-10-5-20(6-11-23)16-33-15-19-3-7-21(8-4-19)28-22(9-14-26(28)29)17-34-18-24-12-13-25(35-24)27(30)32-2/h3-8,10-13,22H,9,14-18H2,1-2H3. The van der Waals surface area contributed by atoms with Crippen molar-refractivity contribution in [1.82, 2.24) is 0 Å². The number of thiophene rings is 1. The van der Waals surface area contributed by atoms with Gasteiger partial charge in [-0.25, -0.2) is 4.79 Å².